The van der Waals surface area contributed by atoms with Crippen molar-refractivity contribution in [2.75, 3.05) is 24.5 Å². The lowest BCUT2D eigenvalue weighted by molar-refractivity contribution is -0.135. The number of urea groups is 1. The highest BCUT2D eigenvalue weighted by atomic mass is 16.4. The predicted octanol–water partition coefficient (Wildman–Crippen LogP) is 2.43. The van der Waals surface area contributed by atoms with Crippen molar-refractivity contribution < 1.29 is 14.7 Å². The van der Waals surface area contributed by atoms with Crippen molar-refractivity contribution in [3.8, 4) is 0 Å². The molecule has 0 radical (unpaired) electrons. The first-order chi connectivity index (χ1) is 9.61. The van der Waals surface area contributed by atoms with Gasteiger partial charge >= 0.3 is 12.0 Å². The van der Waals surface area contributed by atoms with Crippen LogP contribution in [0.15, 0.2) is 30.3 Å². The van der Waals surface area contributed by atoms with Crippen LogP contribution in [0, 0.1) is 5.92 Å². The minimum Gasteiger partial charge on any atom is -0.480 e. The summed E-state index contributed by atoms with van der Waals surface area (Å²) in [5.74, 6) is -0.477. The molecule has 5 nitrogen and oxygen atoms in total. The summed E-state index contributed by atoms with van der Waals surface area (Å²) in [4.78, 5) is 26.6. The molecule has 1 fully saturated rings. The van der Waals surface area contributed by atoms with E-state index in [-0.39, 0.29) is 12.6 Å². The molecule has 1 heterocycles. The Balaban J connectivity index is 2.15. The van der Waals surface area contributed by atoms with Crippen LogP contribution < -0.4 is 4.90 Å². The maximum absolute atomic E-state index is 12.5. The summed E-state index contributed by atoms with van der Waals surface area (Å²) in [5.41, 5.74) is 0.625. The second-order valence-electron chi connectivity index (χ2n) is 5.11. The topological polar surface area (TPSA) is 60.9 Å². The molecule has 1 aliphatic rings. The highest BCUT2D eigenvalue weighted by Crippen LogP contribution is 2.22. The first kappa shape index (κ1) is 14.4. The highest BCUT2D eigenvalue weighted by Gasteiger charge is 2.30. The van der Waals surface area contributed by atoms with Gasteiger partial charge in [-0.05, 0) is 24.5 Å². The lowest BCUT2D eigenvalue weighted by Gasteiger charge is -2.27. The normalized spacial score (nSPS) is 18.1. The molecule has 1 unspecified atom stereocenters. The summed E-state index contributed by atoms with van der Waals surface area (Å²) in [6.45, 7) is 3.24. The van der Waals surface area contributed by atoms with E-state index in [1.54, 1.807) is 29.2 Å². The summed E-state index contributed by atoms with van der Waals surface area (Å²) in [5, 5.41) is 9.02. The zero-order valence-electron chi connectivity index (χ0n) is 11.7. The second-order valence-corrected chi connectivity index (χ2v) is 5.11. The van der Waals surface area contributed by atoms with Gasteiger partial charge in [0.05, 0.1) is 0 Å². The van der Waals surface area contributed by atoms with Gasteiger partial charge in [-0.3, -0.25) is 9.69 Å². The molecule has 108 valence electrons. The van der Waals surface area contributed by atoms with Gasteiger partial charge in [0.25, 0.3) is 0 Å². The lowest BCUT2D eigenvalue weighted by atomic mass is 10.1. The number of hydrogen-bond acceptors (Lipinski definition) is 2. The molecule has 1 aromatic rings. The molecule has 1 atom stereocenters. The van der Waals surface area contributed by atoms with Gasteiger partial charge in [0.2, 0.25) is 0 Å². The van der Waals surface area contributed by atoms with Gasteiger partial charge in [0.1, 0.15) is 6.54 Å². The number of likely N-dealkylation sites (tertiary alicyclic amines) is 1. The number of carboxylic acids is 1. The largest absolute Gasteiger partial charge is 0.480 e. The number of para-hydroxylation sites is 1. The molecule has 0 spiro atoms. The maximum Gasteiger partial charge on any atom is 0.325 e. The van der Waals surface area contributed by atoms with E-state index >= 15 is 0 Å². The zero-order valence-corrected chi connectivity index (χ0v) is 11.7. The monoisotopic (exact) mass is 276 g/mol. The molecule has 2 rings (SSSR count). The Labute approximate surface area is 118 Å². The molecule has 1 aliphatic heterocycles. The van der Waals surface area contributed by atoms with Crippen molar-refractivity contribution in [1.29, 1.82) is 0 Å². The second kappa shape index (κ2) is 6.41. The van der Waals surface area contributed by atoms with Crippen LogP contribution >= 0.6 is 0 Å². The highest BCUT2D eigenvalue weighted by molar-refractivity contribution is 5.96. The third kappa shape index (κ3) is 3.29. The van der Waals surface area contributed by atoms with E-state index in [4.69, 9.17) is 5.11 Å². The van der Waals surface area contributed by atoms with E-state index < -0.39 is 5.97 Å². The molecular formula is C15H20N2O3. The van der Waals surface area contributed by atoms with Crippen LogP contribution in [0.2, 0.25) is 0 Å². The summed E-state index contributed by atoms with van der Waals surface area (Å²) in [6.07, 6.45) is 2.05. The van der Waals surface area contributed by atoms with Gasteiger partial charge in [-0.2, -0.15) is 0 Å². The molecule has 1 N–H and O–H groups in total. The Morgan fingerprint density at radius 1 is 1.35 bits per heavy atom. The number of benzene rings is 1. The summed E-state index contributed by atoms with van der Waals surface area (Å²) < 4.78 is 0. The van der Waals surface area contributed by atoms with E-state index in [1.807, 2.05) is 6.07 Å². The number of aliphatic carboxylic acids is 1. The third-order valence-corrected chi connectivity index (χ3v) is 3.73. The molecule has 1 saturated heterocycles. The quantitative estimate of drug-likeness (QED) is 0.918. The number of hydrogen-bond donors (Lipinski definition) is 1. The van der Waals surface area contributed by atoms with Gasteiger partial charge in [-0.25, -0.2) is 4.79 Å². The number of carbonyl (C=O) groups excluding carboxylic acids is 1. The lowest BCUT2D eigenvalue weighted by Crippen LogP contribution is -2.44. The molecule has 0 aromatic heterocycles. The molecule has 0 saturated carbocycles. The Morgan fingerprint density at radius 2 is 2.05 bits per heavy atom. The van der Waals surface area contributed by atoms with E-state index in [0.717, 1.165) is 19.4 Å². The maximum atomic E-state index is 12.5. The number of rotatable bonds is 4. The Hall–Kier alpha value is -2.04. The van der Waals surface area contributed by atoms with E-state index in [1.165, 1.54) is 4.90 Å². The smallest absolute Gasteiger partial charge is 0.325 e. The van der Waals surface area contributed by atoms with E-state index in [9.17, 15) is 9.59 Å². The van der Waals surface area contributed by atoms with Crippen LogP contribution in [-0.2, 0) is 4.79 Å². The number of nitrogens with zero attached hydrogens (tertiary/aromatic N) is 2. The standard InChI is InChI=1S/C15H20N2O3/c1-2-12-8-9-16(10-12)15(20)17(11-14(18)19)13-6-4-3-5-7-13/h3-7,12H,2,8-11H2,1H3,(H,18,19). The van der Waals surface area contributed by atoms with Crippen molar-refractivity contribution in [2.24, 2.45) is 5.92 Å². The van der Waals surface area contributed by atoms with Gasteiger partial charge < -0.3 is 10.0 Å². The van der Waals surface area contributed by atoms with Crippen LogP contribution in [0.5, 0.6) is 0 Å². The third-order valence-electron chi connectivity index (χ3n) is 3.73. The molecule has 5 heteroatoms. The molecule has 0 aliphatic carbocycles. The molecule has 1 aromatic carbocycles. The van der Waals surface area contributed by atoms with Crippen LogP contribution in [0.4, 0.5) is 10.5 Å². The number of amides is 2. The van der Waals surface area contributed by atoms with Crippen LogP contribution in [0.1, 0.15) is 19.8 Å². The summed E-state index contributed by atoms with van der Waals surface area (Å²) >= 11 is 0. The zero-order chi connectivity index (χ0) is 14.5. The van der Waals surface area contributed by atoms with Crippen molar-refractivity contribution in [3.05, 3.63) is 30.3 Å². The van der Waals surface area contributed by atoms with Crippen molar-refractivity contribution in [3.63, 3.8) is 0 Å². The Bertz CT molecular complexity index is 475. The fraction of sp³-hybridized carbons (Fsp3) is 0.467. The Morgan fingerprint density at radius 3 is 2.60 bits per heavy atom. The molecule has 0 bridgehead atoms. The van der Waals surface area contributed by atoms with Gasteiger partial charge in [-0.15, -0.1) is 0 Å². The first-order valence-corrected chi connectivity index (χ1v) is 6.95. The minimum absolute atomic E-state index is 0.213. The summed E-state index contributed by atoms with van der Waals surface area (Å²) in [6, 6.07) is 8.75. The predicted molar refractivity (Wildman–Crippen MR) is 76.8 cm³/mol. The SMILES string of the molecule is CCC1CCN(C(=O)N(CC(=O)O)c2ccccc2)C1. The molecule has 2 amide bonds. The van der Waals surface area contributed by atoms with E-state index in [2.05, 4.69) is 6.92 Å². The average Bonchev–Trinajstić information content (AvgIpc) is 2.94. The molecule has 20 heavy (non-hydrogen) atoms. The van der Waals surface area contributed by atoms with Gasteiger partial charge in [0.15, 0.2) is 0 Å². The number of carbonyl (C=O) groups is 2. The van der Waals surface area contributed by atoms with Crippen molar-refractivity contribution in [2.45, 2.75) is 19.8 Å². The van der Waals surface area contributed by atoms with Crippen molar-refractivity contribution in [1.82, 2.24) is 4.90 Å². The van der Waals surface area contributed by atoms with Crippen molar-refractivity contribution >= 4 is 17.7 Å². The summed E-state index contributed by atoms with van der Waals surface area (Å²) in [7, 11) is 0. The Kier molecular flexibility index (Phi) is 4.61. The van der Waals surface area contributed by atoms with E-state index in [0.29, 0.717) is 18.2 Å². The van der Waals surface area contributed by atoms with Gasteiger partial charge in [-0.1, -0.05) is 31.5 Å². The first-order valence-electron chi connectivity index (χ1n) is 6.95. The molecular weight excluding hydrogens is 256 g/mol. The average molecular weight is 276 g/mol. The minimum atomic E-state index is -1.01. The number of anilines is 1. The fourth-order valence-electron chi connectivity index (χ4n) is 2.52. The fourth-order valence-corrected chi connectivity index (χ4v) is 2.52. The van der Waals surface area contributed by atoms with Gasteiger partial charge in [0, 0.05) is 18.8 Å². The van der Waals surface area contributed by atoms with Crippen LogP contribution in [-0.4, -0.2) is 41.6 Å². The number of carboxylic acid groups (broad SMARTS) is 1. The van der Waals surface area contributed by atoms with Crippen LogP contribution in [0.3, 0.4) is 0 Å². The van der Waals surface area contributed by atoms with Crippen LogP contribution in [0.25, 0.3) is 0 Å².